The largest absolute Gasteiger partial charge is 0.454 e. The zero-order valence-electron chi connectivity index (χ0n) is 16.1. The SMILES string of the molecule is Nc1nc(CCc2cccc(C(F)(F)F)c2)cc(CCc2ccc3c(c2)OCO3)n1. The van der Waals surface area contributed by atoms with Crippen LogP contribution in [0.1, 0.15) is 28.1 Å². The first-order chi connectivity index (χ1) is 14.4. The lowest BCUT2D eigenvalue weighted by Gasteiger charge is -2.09. The Morgan fingerprint density at radius 2 is 1.47 bits per heavy atom. The highest BCUT2D eigenvalue weighted by molar-refractivity contribution is 5.44. The molecular formula is C22H20F3N3O2. The van der Waals surface area contributed by atoms with Crippen LogP contribution < -0.4 is 15.2 Å². The Morgan fingerprint density at radius 3 is 2.17 bits per heavy atom. The van der Waals surface area contributed by atoms with Crippen LogP contribution in [0.3, 0.4) is 0 Å². The van der Waals surface area contributed by atoms with E-state index in [-0.39, 0.29) is 12.7 Å². The summed E-state index contributed by atoms with van der Waals surface area (Å²) < 4.78 is 49.4. The van der Waals surface area contributed by atoms with Gasteiger partial charge in [-0.15, -0.1) is 0 Å². The van der Waals surface area contributed by atoms with Gasteiger partial charge < -0.3 is 15.2 Å². The molecule has 0 radical (unpaired) electrons. The van der Waals surface area contributed by atoms with E-state index in [2.05, 4.69) is 9.97 Å². The van der Waals surface area contributed by atoms with Gasteiger partial charge in [-0.25, -0.2) is 9.97 Å². The number of hydrogen-bond acceptors (Lipinski definition) is 5. The van der Waals surface area contributed by atoms with Gasteiger partial charge in [0.05, 0.1) is 5.56 Å². The molecule has 2 heterocycles. The van der Waals surface area contributed by atoms with Gasteiger partial charge in [0.2, 0.25) is 12.7 Å². The topological polar surface area (TPSA) is 70.3 Å². The Hall–Kier alpha value is -3.29. The van der Waals surface area contributed by atoms with Gasteiger partial charge in [-0.05, 0) is 61.1 Å². The highest BCUT2D eigenvalue weighted by atomic mass is 19.4. The molecule has 156 valence electrons. The summed E-state index contributed by atoms with van der Waals surface area (Å²) in [6.07, 6.45) is -2.05. The van der Waals surface area contributed by atoms with Crippen molar-refractivity contribution in [1.29, 1.82) is 0 Å². The minimum Gasteiger partial charge on any atom is -0.454 e. The molecule has 0 saturated heterocycles. The van der Waals surface area contributed by atoms with Gasteiger partial charge >= 0.3 is 6.18 Å². The summed E-state index contributed by atoms with van der Waals surface area (Å²) in [7, 11) is 0. The second-order valence-corrected chi connectivity index (χ2v) is 7.09. The average molecular weight is 415 g/mol. The second kappa shape index (κ2) is 8.22. The molecule has 0 unspecified atom stereocenters. The molecule has 0 saturated carbocycles. The first-order valence-electron chi connectivity index (χ1n) is 9.54. The molecule has 30 heavy (non-hydrogen) atoms. The molecule has 5 nitrogen and oxygen atoms in total. The van der Waals surface area contributed by atoms with E-state index in [0.29, 0.717) is 30.5 Å². The van der Waals surface area contributed by atoms with Crippen LogP contribution >= 0.6 is 0 Å². The fourth-order valence-corrected chi connectivity index (χ4v) is 3.38. The van der Waals surface area contributed by atoms with Crippen LogP contribution in [-0.2, 0) is 31.9 Å². The molecule has 1 aliphatic heterocycles. The molecule has 8 heteroatoms. The number of benzene rings is 2. The number of fused-ring (bicyclic) bond motifs is 1. The summed E-state index contributed by atoms with van der Waals surface area (Å²) in [5, 5.41) is 0. The highest BCUT2D eigenvalue weighted by Gasteiger charge is 2.30. The molecule has 1 aliphatic rings. The zero-order valence-corrected chi connectivity index (χ0v) is 16.1. The number of hydrogen-bond donors (Lipinski definition) is 1. The Bertz CT molecular complexity index is 1050. The minimum atomic E-state index is -4.35. The van der Waals surface area contributed by atoms with Crippen molar-refractivity contribution in [3.05, 3.63) is 76.6 Å². The predicted octanol–water partition coefficient (Wildman–Crippen LogP) is 4.38. The van der Waals surface area contributed by atoms with Crippen molar-refractivity contribution in [2.45, 2.75) is 31.9 Å². The van der Waals surface area contributed by atoms with Crippen LogP contribution in [-0.4, -0.2) is 16.8 Å². The Morgan fingerprint density at radius 1 is 0.800 bits per heavy atom. The summed E-state index contributed by atoms with van der Waals surface area (Å²) in [6, 6.07) is 13.0. The first kappa shape index (κ1) is 20.0. The van der Waals surface area contributed by atoms with Gasteiger partial charge in [-0.3, -0.25) is 0 Å². The van der Waals surface area contributed by atoms with E-state index in [1.54, 1.807) is 6.07 Å². The molecule has 0 spiro atoms. The number of nitrogens with zero attached hydrogens (tertiary/aromatic N) is 2. The van der Waals surface area contributed by atoms with E-state index in [4.69, 9.17) is 15.2 Å². The number of nitrogen functional groups attached to an aromatic ring is 1. The van der Waals surface area contributed by atoms with Crippen molar-refractivity contribution in [2.24, 2.45) is 0 Å². The van der Waals surface area contributed by atoms with Gasteiger partial charge in [0.15, 0.2) is 11.5 Å². The summed E-state index contributed by atoms with van der Waals surface area (Å²) in [5.41, 5.74) is 8.38. The minimum absolute atomic E-state index is 0.164. The number of aryl methyl sites for hydroxylation is 4. The van der Waals surface area contributed by atoms with E-state index in [1.165, 1.54) is 12.1 Å². The van der Waals surface area contributed by atoms with E-state index in [1.807, 2.05) is 24.3 Å². The molecule has 0 aliphatic carbocycles. The number of aromatic nitrogens is 2. The van der Waals surface area contributed by atoms with Crippen LogP contribution in [0.15, 0.2) is 48.5 Å². The molecule has 2 N–H and O–H groups in total. The Kier molecular flexibility index (Phi) is 5.48. The average Bonchev–Trinajstić information content (AvgIpc) is 3.18. The predicted molar refractivity (Wildman–Crippen MR) is 105 cm³/mol. The zero-order chi connectivity index (χ0) is 21.1. The van der Waals surface area contributed by atoms with Crippen molar-refractivity contribution in [1.82, 2.24) is 9.97 Å². The van der Waals surface area contributed by atoms with Crippen LogP contribution in [0.25, 0.3) is 0 Å². The Labute approximate surface area is 171 Å². The molecule has 0 bridgehead atoms. The maximum absolute atomic E-state index is 12.9. The van der Waals surface area contributed by atoms with Gasteiger partial charge in [-0.1, -0.05) is 24.3 Å². The second-order valence-electron chi connectivity index (χ2n) is 7.09. The number of ether oxygens (including phenoxy) is 2. The van der Waals surface area contributed by atoms with E-state index in [0.717, 1.165) is 35.2 Å². The van der Waals surface area contributed by atoms with Gasteiger partial charge in [-0.2, -0.15) is 13.2 Å². The lowest BCUT2D eigenvalue weighted by molar-refractivity contribution is -0.137. The van der Waals surface area contributed by atoms with E-state index >= 15 is 0 Å². The van der Waals surface area contributed by atoms with Crippen molar-refractivity contribution in [2.75, 3.05) is 12.5 Å². The van der Waals surface area contributed by atoms with Gasteiger partial charge in [0, 0.05) is 11.4 Å². The van der Waals surface area contributed by atoms with Crippen LogP contribution in [0.4, 0.5) is 19.1 Å². The standard InChI is InChI=1S/C22H20F3N3O2/c23-22(24,25)16-3-1-2-14(10-16)4-7-17-12-18(28-21(26)27-17)8-5-15-6-9-19-20(11-15)30-13-29-19/h1-3,6,9-12H,4-5,7-8,13H2,(H2,26,27,28). The fraction of sp³-hybridized carbons (Fsp3) is 0.273. The summed E-state index contributed by atoms with van der Waals surface area (Å²) in [5.74, 6) is 1.63. The van der Waals surface area contributed by atoms with Gasteiger partial charge in [0.1, 0.15) is 0 Å². The first-order valence-corrected chi connectivity index (χ1v) is 9.54. The Balaban J connectivity index is 1.41. The molecule has 1 aromatic heterocycles. The lowest BCUT2D eigenvalue weighted by Crippen LogP contribution is -2.07. The summed E-state index contributed by atoms with van der Waals surface area (Å²) in [6.45, 7) is 0.233. The van der Waals surface area contributed by atoms with Gasteiger partial charge in [0.25, 0.3) is 0 Å². The van der Waals surface area contributed by atoms with Crippen LogP contribution in [0.2, 0.25) is 0 Å². The number of halogens is 3. The molecule has 0 atom stereocenters. The maximum atomic E-state index is 12.9. The number of nitrogens with two attached hydrogens (primary N) is 1. The third-order valence-corrected chi connectivity index (χ3v) is 4.88. The van der Waals surface area contributed by atoms with Crippen molar-refractivity contribution < 1.29 is 22.6 Å². The third-order valence-electron chi connectivity index (χ3n) is 4.88. The van der Waals surface area contributed by atoms with Crippen molar-refractivity contribution >= 4 is 5.95 Å². The number of alkyl halides is 3. The summed E-state index contributed by atoms with van der Waals surface area (Å²) in [4.78, 5) is 8.51. The molecule has 2 aromatic carbocycles. The summed E-state index contributed by atoms with van der Waals surface area (Å²) >= 11 is 0. The quantitative estimate of drug-likeness (QED) is 0.647. The van der Waals surface area contributed by atoms with E-state index < -0.39 is 11.7 Å². The normalized spacial score (nSPS) is 12.9. The van der Waals surface area contributed by atoms with Crippen LogP contribution in [0.5, 0.6) is 11.5 Å². The molecule has 0 amide bonds. The van der Waals surface area contributed by atoms with Crippen molar-refractivity contribution in [3.8, 4) is 11.5 Å². The van der Waals surface area contributed by atoms with Crippen LogP contribution in [0, 0.1) is 0 Å². The highest BCUT2D eigenvalue weighted by Crippen LogP contribution is 2.33. The number of rotatable bonds is 6. The monoisotopic (exact) mass is 415 g/mol. The molecule has 3 aromatic rings. The maximum Gasteiger partial charge on any atom is 0.416 e. The molecule has 4 rings (SSSR count). The smallest absolute Gasteiger partial charge is 0.416 e. The van der Waals surface area contributed by atoms with Crippen molar-refractivity contribution in [3.63, 3.8) is 0 Å². The molecule has 0 fully saturated rings. The lowest BCUT2D eigenvalue weighted by atomic mass is 10.0. The number of anilines is 1. The van der Waals surface area contributed by atoms with E-state index in [9.17, 15) is 13.2 Å². The molecular weight excluding hydrogens is 395 g/mol. The fourth-order valence-electron chi connectivity index (χ4n) is 3.38. The third kappa shape index (κ3) is 4.82.